The second-order valence-corrected chi connectivity index (χ2v) is 3.77. The summed E-state index contributed by atoms with van der Waals surface area (Å²) in [5.74, 6) is -1.13. The number of nitrogens with one attached hydrogen (secondary N) is 2. The first-order chi connectivity index (χ1) is 8.45. The molecule has 0 fully saturated rings. The lowest BCUT2D eigenvalue weighted by Crippen LogP contribution is -2.41. The van der Waals surface area contributed by atoms with E-state index < -0.39 is 18.0 Å². The van der Waals surface area contributed by atoms with Gasteiger partial charge in [-0.1, -0.05) is 12.1 Å². The van der Waals surface area contributed by atoms with Crippen LogP contribution in [0, 0.1) is 18.3 Å². The molecule has 0 aliphatic carbocycles. The number of nitrogens with zero attached hydrogens (tertiary/aromatic N) is 1. The van der Waals surface area contributed by atoms with Crippen molar-refractivity contribution in [3.8, 4) is 6.07 Å². The Labute approximate surface area is 104 Å². The van der Waals surface area contributed by atoms with Gasteiger partial charge in [-0.3, -0.25) is 4.79 Å². The summed E-state index contributed by atoms with van der Waals surface area (Å²) in [6.07, 6.45) is 0. The van der Waals surface area contributed by atoms with Crippen LogP contribution in [0.15, 0.2) is 18.2 Å². The molecule has 0 saturated heterocycles. The molecule has 2 amide bonds. The first kappa shape index (κ1) is 13.5. The SMILES string of the molecule is Cc1cccc(NC(=O)NC(C)C(=O)O)c1C#N. The van der Waals surface area contributed by atoms with Gasteiger partial charge >= 0.3 is 12.0 Å². The average Bonchev–Trinajstić information content (AvgIpc) is 2.28. The zero-order valence-electron chi connectivity index (χ0n) is 10.0. The van der Waals surface area contributed by atoms with Gasteiger partial charge in [-0.2, -0.15) is 5.26 Å². The summed E-state index contributed by atoms with van der Waals surface area (Å²) >= 11 is 0. The summed E-state index contributed by atoms with van der Waals surface area (Å²) in [6, 6.07) is 5.36. The van der Waals surface area contributed by atoms with Crippen LogP contribution in [0.4, 0.5) is 10.5 Å². The van der Waals surface area contributed by atoms with Crippen molar-refractivity contribution in [3.05, 3.63) is 29.3 Å². The van der Waals surface area contributed by atoms with Crippen molar-refractivity contribution in [2.45, 2.75) is 19.9 Å². The minimum atomic E-state index is -1.13. The number of aliphatic carboxylic acids is 1. The highest BCUT2D eigenvalue weighted by atomic mass is 16.4. The fourth-order valence-corrected chi connectivity index (χ4v) is 1.34. The van der Waals surface area contributed by atoms with Gasteiger partial charge in [0.15, 0.2) is 0 Å². The molecule has 3 N–H and O–H groups in total. The Morgan fingerprint density at radius 1 is 1.44 bits per heavy atom. The lowest BCUT2D eigenvalue weighted by molar-refractivity contribution is -0.138. The number of anilines is 1. The monoisotopic (exact) mass is 247 g/mol. The third-order valence-electron chi connectivity index (χ3n) is 2.35. The molecule has 0 saturated carbocycles. The van der Waals surface area contributed by atoms with Crippen LogP contribution in [0.1, 0.15) is 18.1 Å². The summed E-state index contributed by atoms with van der Waals surface area (Å²) in [5.41, 5.74) is 1.45. The summed E-state index contributed by atoms with van der Waals surface area (Å²) in [7, 11) is 0. The normalized spacial score (nSPS) is 11.2. The number of nitriles is 1. The number of carbonyl (C=O) groups excluding carboxylic acids is 1. The topological polar surface area (TPSA) is 102 Å². The molecule has 0 aliphatic heterocycles. The molecule has 6 nitrogen and oxygen atoms in total. The van der Waals surface area contributed by atoms with E-state index in [0.29, 0.717) is 11.3 Å². The number of hydrogen-bond acceptors (Lipinski definition) is 3. The van der Waals surface area contributed by atoms with Crippen LogP contribution in [0.3, 0.4) is 0 Å². The van der Waals surface area contributed by atoms with Crippen molar-refractivity contribution in [2.24, 2.45) is 0 Å². The maximum Gasteiger partial charge on any atom is 0.325 e. The van der Waals surface area contributed by atoms with E-state index in [1.54, 1.807) is 25.1 Å². The van der Waals surface area contributed by atoms with Gasteiger partial charge < -0.3 is 15.7 Å². The summed E-state index contributed by atoms with van der Waals surface area (Å²) in [6.45, 7) is 3.10. The first-order valence-electron chi connectivity index (χ1n) is 5.25. The van der Waals surface area contributed by atoms with Gasteiger partial charge in [0, 0.05) is 0 Å². The lowest BCUT2D eigenvalue weighted by atomic mass is 10.1. The third kappa shape index (κ3) is 3.22. The van der Waals surface area contributed by atoms with Gasteiger partial charge in [0.2, 0.25) is 0 Å². The van der Waals surface area contributed by atoms with E-state index in [1.807, 2.05) is 6.07 Å². The van der Waals surface area contributed by atoms with E-state index in [2.05, 4.69) is 10.6 Å². The Hall–Kier alpha value is -2.55. The van der Waals surface area contributed by atoms with Crippen LogP contribution in [-0.2, 0) is 4.79 Å². The zero-order chi connectivity index (χ0) is 13.7. The molecule has 1 aromatic carbocycles. The zero-order valence-corrected chi connectivity index (χ0v) is 10.0. The van der Waals surface area contributed by atoms with E-state index in [4.69, 9.17) is 10.4 Å². The van der Waals surface area contributed by atoms with Crippen LogP contribution in [-0.4, -0.2) is 23.1 Å². The number of aryl methyl sites for hydroxylation is 1. The Morgan fingerprint density at radius 2 is 2.11 bits per heavy atom. The average molecular weight is 247 g/mol. The lowest BCUT2D eigenvalue weighted by Gasteiger charge is -2.12. The van der Waals surface area contributed by atoms with Gasteiger partial charge in [0.25, 0.3) is 0 Å². The van der Waals surface area contributed by atoms with Crippen molar-refractivity contribution in [2.75, 3.05) is 5.32 Å². The second kappa shape index (κ2) is 5.68. The second-order valence-electron chi connectivity index (χ2n) is 3.77. The van der Waals surface area contributed by atoms with Gasteiger partial charge in [0.1, 0.15) is 12.1 Å². The molecule has 1 atom stereocenters. The van der Waals surface area contributed by atoms with Gasteiger partial charge in [-0.05, 0) is 25.5 Å². The molecular weight excluding hydrogens is 234 g/mol. The molecular formula is C12H13N3O3. The van der Waals surface area contributed by atoms with Crippen molar-refractivity contribution in [1.82, 2.24) is 5.32 Å². The molecule has 0 aromatic heterocycles. The maximum absolute atomic E-state index is 11.5. The van der Waals surface area contributed by atoms with Crippen LogP contribution in [0.2, 0.25) is 0 Å². The van der Waals surface area contributed by atoms with Crippen molar-refractivity contribution in [3.63, 3.8) is 0 Å². The number of amides is 2. The Balaban J connectivity index is 2.80. The molecule has 1 unspecified atom stereocenters. The smallest absolute Gasteiger partial charge is 0.325 e. The highest BCUT2D eigenvalue weighted by Crippen LogP contribution is 2.17. The van der Waals surface area contributed by atoms with Gasteiger partial charge in [0.05, 0.1) is 11.3 Å². The van der Waals surface area contributed by atoms with Crippen LogP contribution in [0.25, 0.3) is 0 Å². The molecule has 1 aromatic rings. The minimum absolute atomic E-state index is 0.354. The van der Waals surface area contributed by atoms with Crippen LogP contribution in [0.5, 0.6) is 0 Å². The molecule has 0 radical (unpaired) electrons. The van der Waals surface area contributed by atoms with Gasteiger partial charge in [-0.25, -0.2) is 4.79 Å². The molecule has 0 spiro atoms. The molecule has 1 rings (SSSR count). The highest BCUT2D eigenvalue weighted by Gasteiger charge is 2.15. The number of carboxylic acid groups (broad SMARTS) is 1. The molecule has 0 bridgehead atoms. The van der Waals surface area contributed by atoms with E-state index in [1.165, 1.54) is 6.92 Å². The number of benzene rings is 1. The minimum Gasteiger partial charge on any atom is -0.480 e. The molecule has 18 heavy (non-hydrogen) atoms. The Bertz CT molecular complexity index is 520. The molecule has 94 valence electrons. The predicted molar refractivity (Wildman–Crippen MR) is 65.1 cm³/mol. The van der Waals surface area contributed by atoms with E-state index in [-0.39, 0.29) is 0 Å². The van der Waals surface area contributed by atoms with E-state index >= 15 is 0 Å². The summed E-state index contributed by atoms with van der Waals surface area (Å²) in [5, 5.41) is 22.3. The van der Waals surface area contributed by atoms with Crippen molar-refractivity contribution in [1.29, 1.82) is 5.26 Å². The maximum atomic E-state index is 11.5. The molecule has 0 heterocycles. The number of hydrogen-bond donors (Lipinski definition) is 3. The Kier molecular flexibility index (Phi) is 4.27. The molecule has 6 heteroatoms. The van der Waals surface area contributed by atoms with Crippen molar-refractivity contribution < 1.29 is 14.7 Å². The van der Waals surface area contributed by atoms with Crippen molar-refractivity contribution >= 4 is 17.7 Å². The van der Waals surface area contributed by atoms with E-state index in [0.717, 1.165) is 5.56 Å². The first-order valence-corrected chi connectivity index (χ1v) is 5.25. The van der Waals surface area contributed by atoms with Gasteiger partial charge in [-0.15, -0.1) is 0 Å². The quantitative estimate of drug-likeness (QED) is 0.752. The van der Waals surface area contributed by atoms with Crippen LogP contribution >= 0.6 is 0 Å². The molecule has 0 aliphatic rings. The Morgan fingerprint density at radius 3 is 2.67 bits per heavy atom. The number of rotatable bonds is 3. The number of urea groups is 1. The van der Waals surface area contributed by atoms with Crippen LogP contribution < -0.4 is 10.6 Å². The largest absolute Gasteiger partial charge is 0.480 e. The fourth-order valence-electron chi connectivity index (χ4n) is 1.34. The summed E-state index contributed by atoms with van der Waals surface area (Å²) in [4.78, 5) is 22.1. The standard InChI is InChI=1S/C12H13N3O3/c1-7-4-3-5-10(9(7)6-13)15-12(18)14-8(2)11(16)17/h3-5,8H,1-2H3,(H,16,17)(H2,14,15,18). The number of carbonyl (C=O) groups is 2. The fraction of sp³-hybridized carbons (Fsp3) is 0.250. The number of carboxylic acids is 1. The third-order valence-corrected chi connectivity index (χ3v) is 2.35. The highest BCUT2D eigenvalue weighted by molar-refractivity contribution is 5.93. The van der Waals surface area contributed by atoms with E-state index in [9.17, 15) is 9.59 Å². The predicted octanol–water partition coefficient (Wildman–Crippen LogP) is 1.46. The summed E-state index contributed by atoms with van der Waals surface area (Å²) < 4.78 is 0.